The average Bonchev–Trinajstić information content (AvgIpc) is 2.72. The van der Waals surface area contributed by atoms with Crippen LogP contribution in [0, 0.1) is 4.77 Å². The quantitative estimate of drug-likeness (QED) is 0.709. The van der Waals surface area contributed by atoms with Crippen molar-refractivity contribution >= 4 is 34.7 Å². The summed E-state index contributed by atoms with van der Waals surface area (Å²) in [5.74, 6) is -0.0837. The van der Waals surface area contributed by atoms with E-state index in [4.69, 9.17) is 12.2 Å². The molecule has 7 heteroatoms. The van der Waals surface area contributed by atoms with Gasteiger partial charge in [0, 0.05) is 31.9 Å². The van der Waals surface area contributed by atoms with Gasteiger partial charge in [-0.1, -0.05) is 30.3 Å². The van der Waals surface area contributed by atoms with E-state index in [0.29, 0.717) is 24.0 Å². The highest BCUT2D eigenvalue weighted by Crippen LogP contribution is 2.15. The fourth-order valence-electron chi connectivity index (χ4n) is 3.43. The molecule has 6 nitrogen and oxygen atoms in total. The SMILES string of the molecule is O=C(Cn1c(=S)[nH]c2ccccc2c1=O)N1CCN(c2ccccc2)CC1. The van der Waals surface area contributed by atoms with Gasteiger partial charge < -0.3 is 14.8 Å². The van der Waals surface area contributed by atoms with Crippen molar-refractivity contribution in [3.8, 4) is 0 Å². The Morgan fingerprint density at radius 3 is 2.37 bits per heavy atom. The lowest BCUT2D eigenvalue weighted by molar-refractivity contribution is -0.132. The van der Waals surface area contributed by atoms with Gasteiger partial charge in [0.2, 0.25) is 5.91 Å². The van der Waals surface area contributed by atoms with Crippen LogP contribution in [0.4, 0.5) is 5.69 Å². The molecule has 1 amide bonds. The third-order valence-electron chi connectivity index (χ3n) is 4.94. The normalized spacial score (nSPS) is 14.5. The zero-order valence-corrected chi connectivity index (χ0v) is 15.6. The van der Waals surface area contributed by atoms with Crippen molar-refractivity contribution in [1.82, 2.24) is 14.5 Å². The summed E-state index contributed by atoms with van der Waals surface area (Å²) in [6, 6.07) is 17.4. The van der Waals surface area contributed by atoms with Crippen LogP contribution in [0.5, 0.6) is 0 Å². The van der Waals surface area contributed by atoms with Crippen LogP contribution in [-0.2, 0) is 11.3 Å². The van der Waals surface area contributed by atoms with E-state index in [-0.39, 0.29) is 22.8 Å². The lowest BCUT2D eigenvalue weighted by Crippen LogP contribution is -2.50. The molecule has 0 saturated carbocycles. The number of hydrogen-bond acceptors (Lipinski definition) is 4. The van der Waals surface area contributed by atoms with Crippen LogP contribution in [0.1, 0.15) is 0 Å². The van der Waals surface area contributed by atoms with E-state index in [2.05, 4.69) is 22.0 Å². The van der Waals surface area contributed by atoms with Gasteiger partial charge in [-0.15, -0.1) is 0 Å². The van der Waals surface area contributed by atoms with Crippen LogP contribution in [0.3, 0.4) is 0 Å². The number of benzene rings is 2. The molecule has 0 radical (unpaired) electrons. The molecule has 0 atom stereocenters. The van der Waals surface area contributed by atoms with E-state index in [9.17, 15) is 9.59 Å². The Morgan fingerprint density at radius 2 is 1.63 bits per heavy atom. The number of fused-ring (bicyclic) bond motifs is 1. The Bertz CT molecular complexity index is 1080. The number of para-hydroxylation sites is 2. The second kappa shape index (κ2) is 7.36. The molecule has 2 aromatic carbocycles. The van der Waals surface area contributed by atoms with Crippen molar-refractivity contribution in [2.45, 2.75) is 6.54 Å². The molecule has 4 rings (SSSR count). The highest BCUT2D eigenvalue weighted by molar-refractivity contribution is 7.71. The average molecular weight is 380 g/mol. The van der Waals surface area contributed by atoms with Crippen LogP contribution in [-0.4, -0.2) is 46.5 Å². The predicted molar refractivity (Wildman–Crippen MR) is 109 cm³/mol. The lowest BCUT2D eigenvalue weighted by atomic mass is 10.2. The van der Waals surface area contributed by atoms with Crippen LogP contribution < -0.4 is 10.5 Å². The summed E-state index contributed by atoms with van der Waals surface area (Å²) < 4.78 is 1.62. The van der Waals surface area contributed by atoms with E-state index < -0.39 is 0 Å². The third kappa shape index (κ3) is 3.50. The van der Waals surface area contributed by atoms with Gasteiger partial charge in [-0.2, -0.15) is 0 Å². The number of H-pyrrole nitrogens is 1. The first-order chi connectivity index (χ1) is 13.1. The molecule has 1 aliphatic heterocycles. The van der Waals surface area contributed by atoms with Crippen molar-refractivity contribution in [2.75, 3.05) is 31.1 Å². The van der Waals surface area contributed by atoms with Gasteiger partial charge in [0.05, 0.1) is 10.9 Å². The lowest BCUT2D eigenvalue weighted by Gasteiger charge is -2.36. The summed E-state index contributed by atoms with van der Waals surface area (Å²) in [6.07, 6.45) is 0. The highest BCUT2D eigenvalue weighted by Gasteiger charge is 2.22. The summed E-state index contributed by atoms with van der Waals surface area (Å²) in [6.45, 7) is 2.77. The standard InChI is InChI=1S/C20H20N4O2S/c25-18(23-12-10-22(11-13-23)15-6-2-1-3-7-15)14-24-19(26)16-8-4-5-9-17(16)21-20(24)27/h1-9H,10-14H2,(H,21,27). The highest BCUT2D eigenvalue weighted by atomic mass is 32.1. The molecular formula is C20H20N4O2S. The van der Waals surface area contributed by atoms with Gasteiger partial charge >= 0.3 is 0 Å². The summed E-state index contributed by atoms with van der Waals surface area (Å²) in [4.78, 5) is 32.5. The van der Waals surface area contributed by atoms with Crippen LogP contribution in [0.15, 0.2) is 59.4 Å². The maximum Gasteiger partial charge on any atom is 0.262 e. The number of hydrogen-bond donors (Lipinski definition) is 1. The van der Waals surface area contributed by atoms with Gasteiger partial charge in [-0.3, -0.25) is 14.2 Å². The third-order valence-corrected chi connectivity index (χ3v) is 5.26. The van der Waals surface area contributed by atoms with Crippen molar-refractivity contribution < 1.29 is 4.79 Å². The van der Waals surface area contributed by atoms with E-state index >= 15 is 0 Å². The number of rotatable bonds is 3. The first-order valence-electron chi connectivity index (χ1n) is 8.93. The number of nitrogens with zero attached hydrogens (tertiary/aromatic N) is 3. The second-order valence-corrected chi connectivity index (χ2v) is 6.96. The van der Waals surface area contributed by atoms with E-state index in [0.717, 1.165) is 18.8 Å². The topological polar surface area (TPSA) is 61.3 Å². The number of nitrogens with one attached hydrogen (secondary N) is 1. The number of aromatic nitrogens is 2. The maximum absolute atomic E-state index is 12.7. The molecule has 0 unspecified atom stereocenters. The summed E-state index contributed by atoms with van der Waals surface area (Å²) in [7, 11) is 0. The Labute approximate surface area is 161 Å². The number of anilines is 1. The molecule has 0 bridgehead atoms. The fraction of sp³-hybridized carbons (Fsp3) is 0.250. The first-order valence-corrected chi connectivity index (χ1v) is 9.34. The Morgan fingerprint density at radius 1 is 0.963 bits per heavy atom. The van der Waals surface area contributed by atoms with Crippen molar-refractivity contribution in [3.63, 3.8) is 0 Å². The molecule has 1 N–H and O–H groups in total. The van der Waals surface area contributed by atoms with Crippen molar-refractivity contribution in [2.24, 2.45) is 0 Å². The molecule has 1 aliphatic rings. The largest absolute Gasteiger partial charge is 0.368 e. The minimum Gasteiger partial charge on any atom is -0.368 e. The minimum absolute atomic E-state index is 0.0374. The fourth-order valence-corrected chi connectivity index (χ4v) is 3.69. The molecule has 0 aliphatic carbocycles. The molecule has 1 fully saturated rings. The van der Waals surface area contributed by atoms with E-state index in [1.807, 2.05) is 30.3 Å². The number of carbonyl (C=O) groups excluding carboxylic acids is 1. The number of carbonyl (C=O) groups is 1. The Balaban J connectivity index is 1.48. The number of piperazine rings is 1. The monoisotopic (exact) mass is 380 g/mol. The van der Waals surface area contributed by atoms with Crippen molar-refractivity contribution in [3.05, 3.63) is 69.7 Å². The number of amides is 1. The van der Waals surface area contributed by atoms with Gasteiger partial charge in [0.15, 0.2) is 4.77 Å². The zero-order chi connectivity index (χ0) is 18.8. The Hall–Kier alpha value is -2.93. The Kier molecular flexibility index (Phi) is 4.77. The van der Waals surface area contributed by atoms with Crippen LogP contribution in [0.2, 0.25) is 0 Å². The molecule has 138 valence electrons. The molecule has 3 aromatic rings. The zero-order valence-electron chi connectivity index (χ0n) is 14.8. The molecule has 2 heterocycles. The van der Waals surface area contributed by atoms with Crippen LogP contribution in [0.25, 0.3) is 10.9 Å². The molecule has 27 heavy (non-hydrogen) atoms. The minimum atomic E-state index is -0.231. The van der Waals surface area contributed by atoms with E-state index in [1.165, 1.54) is 4.57 Å². The maximum atomic E-state index is 12.7. The molecule has 1 saturated heterocycles. The summed E-state index contributed by atoms with van der Waals surface area (Å²) in [5, 5.41) is 0.535. The number of aromatic amines is 1. The summed E-state index contributed by atoms with van der Waals surface area (Å²) in [5.41, 5.74) is 1.62. The smallest absolute Gasteiger partial charge is 0.262 e. The van der Waals surface area contributed by atoms with Gasteiger partial charge in [-0.05, 0) is 36.5 Å². The van der Waals surface area contributed by atoms with Gasteiger partial charge in [-0.25, -0.2) is 0 Å². The second-order valence-electron chi connectivity index (χ2n) is 6.57. The molecule has 0 spiro atoms. The van der Waals surface area contributed by atoms with Gasteiger partial charge in [0.1, 0.15) is 6.54 Å². The van der Waals surface area contributed by atoms with Crippen LogP contribution >= 0.6 is 12.2 Å². The van der Waals surface area contributed by atoms with E-state index in [1.54, 1.807) is 17.0 Å². The summed E-state index contributed by atoms with van der Waals surface area (Å²) >= 11 is 5.30. The van der Waals surface area contributed by atoms with Gasteiger partial charge in [0.25, 0.3) is 5.56 Å². The predicted octanol–water partition coefficient (Wildman–Crippen LogP) is 2.41. The molecular weight excluding hydrogens is 360 g/mol. The van der Waals surface area contributed by atoms with Crippen molar-refractivity contribution in [1.29, 1.82) is 0 Å². The first kappa shape index (κ1) is 17.5. The molecule has 1 aromatic heterocycles.